The Morgan fingerprint density at radius 3 is 2.45 bits per heavy atom. The van der Waals surface area contributed by atoms with Crippen molar-refractivity contribution in [2.24, 2.45) is 5.73 Å². The summed E-state index contributed by atoms with van der Waals surface area (Å²) in [4.78, 5) is 4.45. The zero-order valence-corrected chi connectivity index (χ0v) is 12.2. The van der Waals surface area contributed by atoms with Gasteiger partial charge in [-0.2, -0.15) is 9.78 Å². The van der Waals surface area contributed by atoms with Crippen LogP contribution >= 0.6 is 0 Å². The number of aryl methyl sites for hydroxylation is 3. The Morgan fingerprint density at radius 1 is 1.20 bits per heavy atom. The van der Waals surface area contributed by atoms with Gasteiger partial charge in [0.2, 0.25) is 0 Å². The average molecular weight is 273 g/mol. The highest BCUT2D eigenvalue weighted by molar-refractivity contribution is 5.99. The lowest BCUT2D eigenvalue weighted by Gasteiger charge is -2.12. The normalized spacial score (nSPS) is 10.8. The van der Waals surface area contributed by atoms with Crippen LogP contribution in [-0.4, -0.2) is 30.8 Å². The van der Waals surface area contributed by atoms with Gasteiger partial charge in [0.25, 0.3) is 0 Å². The predicted molar refractivity (Wildman–Crippen MR) is 76.2 cm³/mol. The number of nitrogens with two attached hydrogens (primary N) is 1. The molecular formula is C13H19N7. The first kappa shape index (κ1) is 14.1. The summed E-state index contributed by atoms with van der Waals surface area (Å²) in [6.45, 7) is 7.73. The summed E-state index contributed by atoms with van der Waals surface area (Å²) < 4.78 is 1.65. The van der Waals surface area contributed by atoms with Gasteiger partial charge in [0.05, 0.1) is 11.3 Å². The fourth-order valence-electron chi connectivity index (χ4n) is 2.01. The molecule has 106 valence electrons. The van der Waals surface area contributed by atoms with Crippen molar-refractivity contribution in [2.45, 2.75) is 40.5 Å². The molecule has 0 aromatic carbocycles. The fourth-order valence-corrected chi connectivity index (χ4v) is 2.01. The molecule has 0 amide bonds. The van der Waals surface area contributed by atoms with Crippen molar-refractivity contribution in [3.05, 3.63) is 28.5 Å². The molecule has 0 unspecified atom stereocenters. The lowest BCUT2D eigenvalue weighted by atomic mass is 10.1. The summed E-state index contributed by atoms with van der Waals surface area (Å²) in [6, 6.07) is 0. The van der Waals surface area contributed by atoms with Crippen molar-refractivity contribution in [2.75, 3.05) is 0 Å². The maximum atomic E-state index is 7.79. The third kappa shape index (κ3) is 2.26. The number of aromatic nitrogens is 5. The second kappa shape index (κ2) is 5.36. The van der Waals surface area contributed by atoms with Crippen molar-refractivity contribution in [3.8, 4) is 5.82 Å². The molecule has 20 heavy (non-hydrogen) atoms. The molecule has 2 aromatic rings. The van der Waals surface area contributed by atoms with Gasteiger partial charge in [-0.05, 0) is 19.4 Å². The van der Waals surface area contributed by atoms with Crippen LogP contribution in [0.15, 0.2) is 0 Å². The first-order chi connectivity index (χ1) is 9.49. The highest BCUT2D eigenvalue weighted by atomic mass is 15.4. The summed E-state index contributed by atoms with van der Waals surface area (Å²) in [5.41, 5.74) is 7.88. The van der Waals surface area contributed by atoms with Gasteiger partial charge in [0, 0.05) is 12.8 Å². The Hall–Kier alpha value is -2.31. The molecule has 2 aromatic heterocycles. The number of rotatable bonds is 4. The summed E-state index contributed by atoms with van der Waals surface area (Å²) in [5.74, 6) is 1.98. The second-order valence-electron chi connectivity index (χ2n) is 4.59. The molecule has 0 aliphatic rings. The predicted octanol–water partition coefficient (Wildman–Crippen LogP) is 1.08. The van der Waals surface area contributed by atoms with Gasteiger partial charge in [0.15, 0.2) is 11.6 Å². The lowest BCUT2D eigenvalue weighted by molar-refractivity contribution is 0.742. The molecule has 7 heteroatoms. The van der Waals surface area contributed by atoms with Crippen LogP contribution in [-0.2, 0) is 12.8 Å². The third-order valence-corrected chi connectivity index (χ3v) is 3.26. The number of amidine groups is 1. The number of nitrogens with one attached hydrogen (secondary N) is 1. The van der Waals surface area contributed by atoms with Crippen molar-refractivity contribution in [1.82, 2.24) is 25.0 Å². The minimum atomic E-state index is -0.0360. The van der Waals surface area contributed by atoms with Gasteiger partial charge < -0.3 is 5.73 Å². The first-order valence-electron chi connectivity index (χ1n) is 6.63. The summed E-state index contributed by atoms with van der Waals surface area (Å²) in [7, 11) is 0. The maximum absolute atomic E-state index is 7.79. The van der Waals surface area contributed by atoms with E-state index in [1.165, 1.54) is 0 Å². The molecule has 3 N–H and O–H groups in total. The van der Waals surface area contributed by atoms with E-state index in [1.54, 1.807) is 4.68 Å². The summed E-state index contributed by atoms with van der Waals surface area (Å²) >= 11 is 0. The second-order valence-corrected chi connectivity index (χ2v) is 4.59. The highest BCUT2D eigenvalue weighted by Gasteiger charge is 2.19. The molecule has 2 rings (SSSR count). The van der Waals surface area contributed by atoms with Crippen LogP contribution in [0.25, 0.3) is 5.82 Å². The average Bonchev–Trinajstić information content (AvgIpc) is 2.84. The molecule has 0 atom stereocenters. The number of nitrogens with zero attached hydrogens (tertiary/aromatic N) is 5. The Bertz CT molecular complexity index is 657. The Morgan fingerprint density at radius 2 is 1.90 bits per heavy atom. The largest absolute Gasteiger partial charge is 0.384 e. The van der Waals surface area contributed by atoms with E-state index >= 15 is 0 Å². The molecule has 0 bridgehead atoms. The van der Waals surface area contributed by atoms with Crippen molar-refractivity contribution in [3.63, 3.8) is 0 Å². The van der Waals surface area contributed by atoms with Crippen LogP contribution in [0, 0.1) is 19.3 Å². The van der Waals surface area contributed by atoms with Crippen molar-refractivity contribution < 1.29 is 0 Å². The minimum Gasteiger partial charge on any atom is -0.384 e. The molecule has 0 aliphatic heterocycles. The van der Waals surface area contributed by atoms with Crippen LogP contribution in [0.3, 0.4) is 0 Å². The number of hydrogen-bond donors (Lipinski definition) is 2. The van der Waals surface area contributed by atoms with Crippen molar-refractivity contribution in [1.29, 1.82) is 5.41 Å². The van der Waals surface area contributed by atoms with Crippen LogP contribution in [0.4, 0.5) is 0 Å². The van der Waals surface area contributed by atoms with Gasteiger partial charge in [0.1, 0.15) is 11.7 Å². The molecule has 0 saturated carbocycles. The fraction of sp³-hybridized carbons (Fsp3) is 0.462. The lowest BCUT2D eigenvalue weighted by Crippen LogP contribution is -2.21. The molecule has 0 radical (unpaired) electrons. The molecule has 0 aliphatic carbocycles. The number of hydrogen-bond acceptors (Lipinski definition) is 5. The topological polar surface area (TPSA) is 106 Å². The van der Waals surface area contributed by atoms with E-state index in [0.717, 1.165) is 35.7 Å². The monoisotopic (exact) mass is 273 g/mol. The van der Waals surface area contributed by atoms with Gasteiger partial charge in [-0.25, -0.2) is 4.98 Å². The molecule has 0 saturated heterocycles. The minimum absolute atomic E-state index is 0.0360. The first-order valence-corrected chi connectivity index (χ1v) is 6.63. The summed E-state index contributed by atoms with van der Waals surface area (Å²) in [5, 5.41) is 20.5. The van der Waals surface area contributed by atoms with E-state index in [2.05, 4.69) is 20.3 Å². The van der Waals surface area contributed by atoms with Gasteiger partial charge >= 0.3 is 0 Å². The Balaban J connectivity index is 2.72. The van der Waals surface area contributed by atoms with Crippen LogP contribution in [0.5, 0.6) is 0 Å². The zero-order valence-electron chi connectivity index (χ0n) is 12.2. The van der Waals surface area contributed by atoms with E-state index in [4.69, 9.17) is 11.1 Å². The van der Waals surface area contributed by atoms with Gasteiger partial charge in [-0.3, -0.25) is 5.41 Å². The quantitative estimate of drug-likeness (QED) is 0.640. The smallest absolute Gasteiger partial charge is 0.188 e. The van der Waals surface area contributed by atoms with Crippen LogP contribution in [0.2, 0.25) is 0 Å². The number of nitrogen functional groups attached to an aromatic ring is 1. The van der Waals surface area contributed by atoms with Crippen LogP contribution in [0.1, 0.15) is 42.3 Å². The van der Waals surface area contributed by atoms with E-state index in [1.807, 2.05) is 27.7 Å². The zero-order chi connectivity index (χ0) is 14.9. The standard InChI is InChI=1S/C13H19N7/c1-5-9-16-10(6-2)20(19-9)13-11(12(14)15)7(3)8(4)17-18-13/h5-6H2,1-4H3,(H3,14,15). The maximum Gasteiger partial charge on any atom is 0.188 e. The molecule has 0 spiro atoms. The van der Waals surface area contributed by atoms with Gasteiger partial charge in [-0.15, -0.1) is 10.2 Å². The van der Waals surface area contributed by atoms with E-state index in [9.17, 15) is 0 Å². The van der Waals surface area contributed by atoms with E-state index in [-0.39, 0.29) is 5.84 Å². The Kier molecular flexibility index (Phi) is 3.78. The summed E-state index contributed by atoms with van der Waals surface area (Å²) in [6.07, 6.45) is 1.46. The molecular weight excluding hydrogens is 254 g/mol. The van der Waals surface area contributed by atoms with E-state index < -0.39 is 0 Å². The van der Waals surface area contributed by atoms with E-state index in [0.29, 0.717) is 11.4 Å². The molecule has 7 nitrogen and oxygen atoms in total. The highest BCUT2D eigenvalue weighted by Crippen LogP contribution is 2.18. The molecule has 0 fully saturated rings. The van der Waals surface area contributed by atoms with Crippen LogP contribution < -0.4 is 5.73 Å². The SMILES string of the molecule is CCc1nc(CC)n(-c2nnc(C)c(C)c2C(=N)N)n1. The Labute approximate surface area is 117 Å². The van der Waals surface area contributed by atoms with Crippen molar-refractivity contribution >= 4 is 5.84 Å². The third-order valence-electron chi connectivity index (χ3n) is 3.26. The molecule has 2 heterocycles. The van der Waals surface area contributed by atoms with Gasteiger partial charge in [-0.1, -0.05) is 13.8 Å².